The van der Waals surface area contributed by atoms with Gasteiger partial charge in [-0.15, -0.1) is 0 Å². The van der Waals surface area contributed by atoms with Gasteiger partial charge in [-0.05, 0) is 70.6 Å². The number of nitrogens with zero attached hydrogens (tertiary/aromatic N) is 1. The van der Waals surface area contributed by atoms with Crippen molar-refractivity contribution in [2.45, 2.75) is 51.5 Å². The van der Waals surface area contributed by atoms with Crippen LogP contribution in [0.25, 0.3) is 0 Å². The van der Waals surface area contributed by atoms with E-state index >= 15 is 0 Å². The standard InChI is InChI=1S/C13H26N2/c1-2-8-15-9-3-4-13(7-10-15)14-11-12-5-6-12/h12-14H,2-11H2,1H3. The summed E-state index contributed by atoms with van der Waals surface area (Å²) in [5.74, 6) is 1.03. The van der Waals surface area contributed by atoms with E-state index < -0.39 is 0 Å². The third kappa shape index (κ3) is 4.12. The number of hydrogen-bond acceptors (Lipinski definition) is 2. The van der Waals surface area contributed by atoms with Gasteiger partial charge in [0.1, 0.15) is 0 Å². The molecule has 2 heteroatoms. The van der Waals surface area contributed by atoms with Crippen LogP contribution in [0, 0.1) is 5.92 Å². The SMILES string of the molecule is CCCN1CCCC(NCC2CC2)CC1. The zero-order valence-electron chi connectivity index (χ0n) is 10.2. The molecule has 0 aromatic carbocycles. The summed E-state index contributed by atoms with van der Waals surface area (Å²) in [4.78, 5) is 2.64. The van der Waals surface area contributed by atoms with Crippen LogP contribution in [0.2, 0.25) is 0 Å². The van der Waals surface area contributed by atoms with Crippen LogP contribution < -0.4 is 5.32 Å². The molecule has 0 bridgehead atoms. The van der Waals surface area contributed by atoms with E-state index in [2.05, 4.69) is 17.1 Å². The first kappa shape index (κ1) is 11.4. The first-order valence-electron chi connectivity index (χ1n) is 6.84. The Morgan fingerprint density at radius 2 is 2.00 bits per heavy atom. The molecule has 1 atom stereocenters. The highest BCUT2D eigenvalue weighted by Crippen LogP contribution is 2.28. The summed E-state index contributed by atoms with van der Waals surface area (Å²) in [5.41, 5.74) is 0. The second kappa shape index (κ2) is 5.86. The van der Waals surface area contributed by atoms with Gasteiger partial charge in [0.05, 0.1) is 0 Å². The Morgan fingerprint density at radius 1 is 1.13 bits per heavy atom. The molecule has 2 nitrogen and oxygen atoms in total. The summed E-state index contributed by atoms with van der Waals surface area (Å²) in [6.45, 7) is 7.52. The van der Waals surface area contributed by atoms with E-state index in [0.717, 1.165) is 12.0 Å². The minimum absolute atomic E-state index is 0.812. The van der Waals surface area contributed by atoms with Gasteiger partial charge in [0, 0.05) is 6.04 Å². The lowest BCUT2D eigenvalue weighted by atomic mass is 10.1. The maximum atomic E-state index is 3.76. The predicted octanol–water partition coefficient (Wildman–Crippen LogP) is 2.25. The van der Waals surface area contributed by atoms with E-state index in [1.807, 2.05) is 0 Å². The summed E-state index contributed by atoms with van der Waals surface area (Å²) in [6.07, 6.45) is 8.41. The Kier molecular flexibility index (Phi) is 4.45. The van der Waals surface area contributed by atoms with Gasteiger partial charge in [-0.3, -0.25) is 0 Å². The summed E-state index contributed by atoms with van der Waals surface area (Å²) < 4.78 is 0. The molecule has 1 aliphatic heterocycles. The maximum Gasteiger partial charge on any atom is 0.00798 e. The lowest BCUT2D eigenvalue weighted by Gasteiger charge is -2.19. The van der Waals surface area contributed by atoms with Crippen LogP contribution in [0.5, 0.6) is 0 Å². The lowest BCUT2D eigenvalue weighted by Crippen LogP contribution is -2.32. The van der Waals surface area contributed by atoms with Crippen LogP contribution >= 0.6 is 0 Å². The summed E-state index contributed by atoms with van der Waals surface area (Å²) in [6, 6.07) is 0.812. The Bertz CT molecular complexity index is 177. The average Bonchev–Trinajstić information content (AvgIpc) is 3.02. The van der Waals surface area contributed by atoms with Crippen LogP contribution in [0.15, 0.2) is 0 Å². The van der Waals surface area contributed by atoms with Crippen molar-refractivity contribution in [1.82, 2.24) is 10.2 Å². The van der Waals surface area contributed by atoms with Crippen LogP contribution in [0.4, 0.5) is 0 Å². The molecule has 0 aromatic rings. The smallest absolute Gasteiger partial charge is 0.00798 e. The van der Waals surface area contributed by atoms with E-state index in [9.17, 15) is 0 Å². The van der Waals surface area contributed by atoms with Gasteiger partial charge in [-0.25, -0.2) is 0 Å². The molecular weight excluding hydrogens is 184 g/mol. The third-order valence-corrected chi connectivity index (χ3v) is 3.75. The van der Waals surface area contributed by atoms with Gasteiger partial charge in [0.15, 0.2) is 0 Å². The van der Waals surface area contributed by atoms with Gasteiger partial charge < -0.3 is 10.2 Å². The second-order valence-corrected chi connectivity index (χ2v) is 5.32. The van der Waals surface area contributed by atoms with Gasteiger partial charge in [-0.1, -0.05) is 6.92 Å². The average molecular weight is 210 g/mol. The van der Waals surface area contributed by atoms with Crippen molar-refractivity contribution in [1.29, 1.82) is 0 Å². The van der Waals surface area contributed by atoms with E-state index in [4.69, 9.17) is 0 Å². The van der Waals surface area contributed by atoms with Gasteiger partial charge in [-0.2, -0.15) is 0 Å². The molecule has 0 aromatic heterocycles. The van der Waals surface area contributed by atoms with E-state index in [1.54, 1.807) is 0 Å². The molecule has 2 fully saturated rings. The third-order valence-electron chi connectivity index (χ3n) is 3.75. The number of nitrogens with one attached hydrogen (secondary N) is 1. The fourth-order valence-corrected chi connectivity index (χ4v) is 2.56. The first-order chi connectivity index (χ1) is 7.38. The first-order valence-corrected chi connectivity index (χ1v) is 6.84. The van der Waals surface area contributed by atoms with Crippen LogP contribution in [0.1, 0.15) is 45.4 Å². The van der Waals surface area contributed by atoms with E-state index in [-0.39, 0.29) is 0 Å². The highest BCUT2D eigenvalue weighted by Gasteiger charge is 2.23. The molecule has 1 aliphatic carbocycles. The second-order valence-electron chi connectivity index (χ2n) is 5.32. The monoisotopic (exact) mass is 210 g/mol. The molecule has 0 radical (unpaired) electrons. The molecule has 0 amide bonds. The fraction of sp³-hybridized carbons (Fsp3) is 1.00. The number of hydrogen-bond donors (Lipinski definition) is 1. The summed E-state index contributed by atoms with van der Waals surface area (Å²) in [7, 11) is 0. The minimum atomic E-state index is 0.812. The van der Waals surface area contributed by atoms with E-state index in [1.165, 1.54) is 64.7 Å². The summed E-state index contributed by atoms with van der Waals surface area (Å²) >= 11 is 0. The normalized spacial score (nSPS) is 29.0. The lowest BCUT2D eigenvalue weighted by molar-refractivity contribution is 0.282. The zero-order valence-corrected chi connectivity index (χ0v) is 10.2. The molecule has 1 N–H and O–H groups in total. The Morgan fingerprint density at radius 3 is 2.73 bits per heavy atom. The molecule has 2 rings (SSSR count). The molecule has 88 valence electrons. The quantitative estimate of drug-likeness (QED) is 0.749. The number of rotatable bonds is 5. The van der Waals surface area contributed by atoms with Crippen molar-refractivity contribution in [3.8, 4) is 0 Å². The molecule has 2 aliphatic rings. The molecule has 1 saturated carbocycles. The Labute approximate surface area is 94.4 Å². The van der Waals surface area contributed by atoms with Crippen LogP contribution in [-0.4, -0.2) is 37.1 Å². The van der Waals surface area contributed by atoms with Gasteiger partial charge in [0.25, 0.3) is 0 Å². The van der Waals surface area contributed by atoms with Crippen molar-refractivity contribution in [3.63, 3.8) is 0 Å². The Balaban J connectivity index is 1.64. The topological polar surface area (TPSA) is 15.3 Å². The molecule has 0 spiro atoms. The van der Waals surface area contributed by atoms with Crippen molar-refractivity contribution >= 4 is 0 Å². The zero-order chi connectivity index (χ0) is 10.5. The fourth-order valence-electron chi connectivity index (χ4n) is 2.56. The van der Waals surface area contributed by atoms with Gasteiger partial charge >= 0.3 is 0 Å². The highest BCUT2D eigenvalue weighted by atomic mass is 15.1. The maximum absolute atomic E-state index is 3.76. The molecule has 15 heavy (non-hydrogen) atoms. The van der Waals surface area contributed by atoms with Gasteiger partial charge in [0.2, 0.25) is 0 Å². The van der Waals surface area contributed by atoms with Crippen LogP contribution in [-0.2, 0) is 0 Å². The van der Waals surface area contributed by atoms with Crippen molar-refractivity contribution in [3.05, 3.63) is 0 Å². The predicted molar refractivity (Wildman–Crippen MR) is 65.1 cm³/mol. The van der Waals surface area contributed by atoms with Crippen LogP contribution in [0.3, 0.4) is 0 Å². The molecular formula is C13H26N2. The molecule has 1 heterocycles. The van der Waals surface area contributed by atoms with Crippen molar-refractivity contribution < 1.29 is 0 Å². The van der Waals surface area contributed by atoms with Crippen molar-refractivity contribution in [2.24, 2.45) is 5.92 Å². The highest BCUT2D eigenvalue weighted by molar-refractivity contribution is 4.80. The largest absolute Gasteiger partial charge is 0.314 e. The molecule has 1 saturated heterocycles. The van der Waals surface area contributed by atoms with E-state index in [0.29, 0.717) is 0 Å². The number of likely N-dealkylation sites (tertiary alicyclic amines) is 1. The summed E-state index contributed by atoms with van der Waals surface area (Å²) in [5, 5.41) is 3.76. The molecule has 1 unspecified atom stereocenters. The van der Waals surface area contributed by atoms with Crippen molar-refractivity contribution in [2.75, 3.05) is 26.2 Å². The minimum Gasteiger partial charge on any atom is -0.314 e. The Hall–Kier alpha value is -0.0800.